The summed E-state index contributed by atoms with van der Waals surface area (Å²) in [6.07, 6.45) is 1.44. The van der Waals surface area contributed by atoms with Crippen molar-refractivity contribution < 1.29 is 4.79 Å². The van der Waals surface area contributed by atoms with Gasteiger partial charge in [-0.2, -0.15) is 0 Å². The van der Waals surface area contributed by atoms with Gasteiger partial charge in [0, 0.05) is 12.0 Å². The van der Waals surface area contributed by atoms with Crippen molar-refractivity contribution in [3.05, 3.63) is 35.9 Å². The third-order valence-electron chi connectivity index (χ3n) is 2.16. The highest BCUT2D eigenvalue weighted by atomic mass is 16.1. The van der Waals surface area contributed by atoms with E-state index >= 15 is 0 Å². The second-order valence-corrected chi connectivity index (χ2v) is 3.29. The molecule has 1 aliphatic rings. The lowest BCUT2D eigenvalue weighted by atomic mass is 10.2. The summed E-state index contributed by atoms with van der Waals surface area (Å²) in [6, 6.07) is 9.84. The van der Waals surface area contributed by atoms with Gasteiger partial charge >= 0.3 is 0 Å². The molecule has 0 unspecified atom stereocenters. The Hall–Kier alpha value is -1.75. The van der Waals surface area contributed by atoms with Crippen molar-refractivity contribution in [1.29, 1.82) is 0 Å². The Morgan fingerprint density at radius 3 is 2.71 bits per heavy atom. The van der Waals surface area contributed by atoms with Gasteiger partial charge in [-0.15, -0.1) is 0 Å². The Balaban J connectivity index is 2.04. The number of amides is 1. The average Bonchev–Trinajstić information content (AvgIpc) is 2.63. The molecule has 1 fully saturated rings. The minimum absolute atomic E-state index is 0.0442. The van der Waals surface area contributed by atoms with Crippen LogP contribution in [-0.4, -0.2) is 11.9 Å². The Kier molecular flexibility index (Phi) is 2.51. The van der Waals surface area contributed by atoms with Gasteiger partial charge in [-0.3, -0.25) is 4.79 Å². The van der Waals surface area contributed by atoms with Gasteiger partial charge in [0.05, 0.1) is 6.04 Å². The van der Waals surface area contributed by atoms with Crippen LogP contribution in [0.25, 0.3) is 0 Å². The van der Waals surface area contributed by atoms with Crippen molar-refractivity contribution in [3.8, 4) is 11.8 Å². The zero-order valence-electron chi connectivity index (χ0n) is 7.79. The van der Waals surface area contributed by atoms with Gasteiger partial charge in [0.1, 0.15) is 0 Å². The van der Waals surface area contributed by atoms with Crippen LogP contribution in [0.5, 0.6) is 0 Å². The minimum atomic E-state index is 0.0442. The number of benzene rings is 1. The summed E-state index contributed by atoms with van der Waals surface area (Å²) >= 11 is 0. The smallest absolute Gasteiger partial charge is 0.221 e. The van der Waals surface area contributed by atoms with E-state index in [1.807, 2.05) is 30.3 Å². The molecule has 2 heteroatoms. The fourth-order valence-electron chi connectivity index (χ4n) is 1.41. The highest BCUT2D eigenvalue weighted by Crippen LogP contribution is 2.05. The standard InChI is InChI=1S/C12H11NO/c14-12-9-8-11(13-12)7-6-10-4-2-1-3-5-10/h1-5,11H,8-9H2,(H,13,14)/t11-/m0/s1. The molecule has 1 heterocycles. The first-order valence-corrected chi connectivity index (χ1v) is 4.70. The Bertz CT molecular complexity index is 386. The second-order valence-electron chi connectivity index (χ2n) is 3.29. The summed E-state index contributed by atoms with van der Waals surface area (Å²) < 4.78 is 0. The first-order chi connectivity index (χ1) is 6.84. The molecule has 14 heavy (non-hydrogen) atoms. The van der Waals surface area contributed by atoms with Crippen LogP contribution in [0.15, 0.2) is 30.3 Å². The molecule has 0 aromatic heterocycles. The zero-order chi connectivity index (χ0) is 9.80. The van der Waals surface area contributed by atoms with Crippen molar-refractivity contribution >= 4 is 5.91 Å². The summed E-state index contributed by atoms with van der Waals surface area (Å²) in [6.45, 7) is 0. The lowest BCUT2D eigenvalue weighted by Crippen LogP contribution is -2.23. The molecule has 1 N–H and O–H groups in total. The molecule has 1 amide bonds. The Labute approximate surface area is 83.3 Å². The Morgan fingerprint density at radius 2 is 2.07 bits per heavy atom. The van der Waals surface area contributed by atoms with E-state index in [4.69, 9.17) is 0 Å². The zero-order valence-corrected chi connectivity index (χ0v) is 7.79. The molecule has 1 aromatic rings. The second kappa shape index (κ2) is 3.97. The predicted molar refractivity (Wildman–Crippen MR) is 54.5 cm³/mol. The van der Waals surface area contributed by atoms with Gasteiger partial charge in [-0.1, -0.05) is 30.0 Å². The molecule has 2 rings (SSSR count). The number of hydrogen-bond acceptors (Lipinski definition) is 1. The lowest BCUT2D eigenvalue weighted by Gasteiger charge is -1.97. The molecule has 70 valence electrons. The van der Waals surface area contributed by atoms with Crippen LogP contribution in [0.1, 0.15) is 18.4 Å². The van der Waals surface area contributed by atoms with Crippen LogP contribution in [0.2, 0.25) is 0 Å². The Morgan fingerprint density at radius 1 is 1.29 bits per heavy atom. The molecule has 0 radical (unpaired) electrons. The summed E-state index contributed by atoms with van der Waals surface area (Å²) in [5.41, 5.74) is 0.994. The molecule has 1 atom stereocenters. The monoisotopic (exact) mass is 185 g/mol. The summed E-state index contributed by atoms with van der Waals surface area (Å²) in [5, 5.41) is 2.81. The van der Waals surface area contributed by atoms with Gasteiger partial charge < -0.3 is 5.32 Å². The van der Waals surface area contributed by atoms with Crippen LogP contribution in [0, 0.1) is 11.8 Å². The molecule has 1 aliphatic heterocycles. The van der Waals surface area contributed by atoms with E-state index in [1.165, 1.54) is 0 Å². The van der Waals surface area contributed by atoms with Crippen LogP contribution >= 0.6 is 0 Å². The van der Waals surface area contributed by atoms with Crippen molar-refractivity contribution in [1.82, 2.24) is 5.32 Å². The summed E-state index contributed by atoms with van der Waals surface area (Å²) in [7, 11) is 0. The van der Waals surface area contributed by atoms with Crippen LogP contribution in [0.3, 0.4) is 0 Å². The lowest BCUT2D eigenvalue weighted by molar-refractivity contribution is -0.119. The van der Waals surface area contributed by atoms with Gasteiger partial charge in [0.25, 0.3) is 0 Å². The summed E-state index contributed by atoms with van der Waals surface area (Å²) in [4.78, 5) is 10.9. The maximum absolute atomic E-state index is 10.9. The third-order valence-corrected chi connectivity index (χ3v) is 2.16. The number of hydrogen-bond donors (Lipinski definition) is 1. The largest absolute Gasteiger partial charge is 0.342 e. The topological polar surface area (TPSA) is 29.1 Å². The van der Waals surface area contributed by atoms with Gasteiger partial charge in [0.15, 0.2) is 0 Å². The van der Waals surface area contributed by atoms with E-state index in [0.717, 1.165) is 12.0 Å². The molecule has 2 nitrogen and oxygen atoms in total. The van der Waals surface area contributed by atoms with E-state index < -0.39 is 0 Å². The normalized spacial score (nSPS) is 19.7. The van der Waals surface area contributed by atoms with E-state index in [0.29, 0.717) is 6.42 Å². The highest BCUT2D eigenvalue weighted by molar-refractivity contribution is 5.79. The molecule has 0 aliphatic carbocycles. The molecule has 1 aromatic carbocycles. The molecular formula is C12H11NO. The maximum atomic E-state index is 10.9. The molecule has 0 saturated carbocycles. The van der Waals surface area contributed by atoms with Crippen LogP contribution < -0.4 is 5.32 Å². The molecular weight excluding hydrogens is 174 g/mol. The highest BCUT2D eigenvalue weighted by Gasteiger charge is 2.17. The predicted octanol–water partition coefficient (Wildman–Crippen LogP) is 1.32. The van der Waals surface area contributed by atoms with E-state index in [2.05, 4.69) is 17.2 Å². The van der Waals surface area contributed by atoms with Crippen molar-refractivity contribution in [3.63, 3.8) is 0 Å². The molecule has 0 bridgehead atoms. The number of rotatable bonds is 0. The first kappa shape index (κ1) is 8.83. The fourth-order valence-corrected chi connectivity index (χ4v) is 1.41. The quantitative estimate of drug-likeness (QED) is 0.607. The number of nitrogens with one attached hydrogen (secondary N) is 1. The molecule has 1 saturated heterocycles. The van der Waals surface area contributed by atoms with Gasteiger partial charge in [-0.05, 0) is 18.6 Å². The van der Waals surface area contributed by atoms with E-state index in [1.54, 1.807) is 0 Å². The van der Waals surface area contributed by atoms with E-state index in [9.17, 15) is 4.79 Å². The van der Waals surface area contributed by atoms with E-state index in [-0.39, 0.29) is 11.9 Å². The number of carbonyl (C=O) groups excluding carboxylic acids is 1. The fraction of sp³-hybridized carbons (Fsp3) is 0.250. The number of carbonyl (C=O) groups is 1. The molecule has 0 spiro atoms. The van der Waals surface area contributed by atoms with Crippen molar-refractivity contribution in [2.75, 3.05) is 0 Å². The van der Waals surface area contributed by atoms with Gasteiger partial charge in [0.2, 0.25) is 5.91 Å². The maximum Gasteiger partial charge on any atom is 0.221 e. The minimum Gasteiger partial charge on any atom is -0.342 e. The van der Waals surface area contributed by atoms with Crippen LogP contribution in [-0.2, 0) is 4.79 Å². The summed E-state index contributed by atoms with van der Waals surface area (Å²) in [5.74, 6) is 6.20. The first-order valence-electron chi connectivity index (χ1n) is 4.70. The average molecular weight is 185 g/mol. The van der Waals surface area contributed by atoms with Gasteiger partial charge in [-0.25, -0.2) is 0 Å². The van der Waals surface area contributed by atoms with Crippen molar-refractivity contribution in [2.45, 2.75) is 18.9 Å². The van der Waals surface area contributed by atoms with Crippen LogP contribution in [0.4, 0.5) is 0 Å². The SMILES string of the molecule is O=C1CC[C@H](C#Cc2ccccc2)N1. The third kappa shape index (κ3) is 2.14. The van der Waals surface area contributed by atoms with Crippen molar-refractivity contribution in [2.24, 2.45) is 0 Å².